The average molecular weight is 321 g/mol. The largest absolute Gasteiger partial charge is 0.338 e. The number of nitrogens with zero attached hydrogens (tertiary/aromatic N) is 2. The van der Waals surface area contributed by atoms with E-state index in [2.05, 4.69) is 16.4 Å². The monoisotopic (exact) mass is 321 g/mol. The fraction of sp³-hybridized carbons (Fsp3) is 0.467. The summed E-state index contributed by atoms with van der Waals surface area (Å²) in [5.41, 5.74) is 1.02. The zero-order valence-electron chi connectivity index (χ0n) is 12.0. The van der Waals surface area contributed by atoms with Crippen LogP contribution in [0.15, 0.2) is 28.6 Å². The minimum absolute atomic E-state index is 0.233. The van der Waals surface area contributed by atoms with Crippen LogP contribution in [0.5, 0.6) is 0 Å². The molecule has 2 aromatic rings. The third-order valence-electron chi connectivity index (χ3n) is 3.73. The van der Waals surface area contributed by atoms with E-state index in [0.29, 0.717) is 11.8 Å². The molecule has 1 saturated heterocycles. The third-order valence-corrected chi connectivity index (χ3v) is 5.89. The summed E-state index contributed by atoms with van der Waals surface area (Å²) in [5, 5.41) is 3.18. The Morgan fingerprint density at radius 2 is 2.38 bits per heavy atom. The number of rotatable bonds is 5. The summed E-state index contributed by atoms with van der Waals surface area (Å²) >= 11 is 3.22. The van der Waals surface area contributed by atoms with E-state index in [0.717, 1.165) is 35.8 Å². The van der Waals surface area contributed by atoms with Crippen molar-refractivity contribution in [3.8, 4) is 0 Å². The van der Waals surface area contributed by atoms with Gasteiger partial charge >= 0.3 is 0 Å². The van der Waals surface area contributed by atoms with Gasteiger partial charge in [0.1, 0.15) is 0 Å². The maximum absolute atomic E-state index is 12.4. The Morgan fingerprint density at radius 1 is 1.52 bits per heavy atom. The Labute approximate surface area is 132 Å². The summed E-state index contributed by atoms with van der Waals surface area (Å²) in [4.78, 5) is 19.0. The molecule has 0 aliphatic carbocycles. The van der Waals surface area contributed by atoms with Crippen molar-refractivity contribution >= 4 is 39.2 Å². The molecule has 0 radical (unpaired) electrons. The van der Waals surface area contributed by atoms with Crippen molar-refractivity contribution in [1.29, 1.82) is 0 Å². The number of fused-ring (bicyclic) bond motifs is 1. The number of hydrogen-bond donors (Lipinski definition) is 1. The number of likely N-dealkylation sites (tertiary alicyclic amines) is 1. The van der Waals surface area contributed by atoms with Gasteiger partial charge in [0.2, 0.25) is 5.91 Å². The summed E-state index contributed by atoms with van der Waals surface area (Å²) in [6.07, 6.45) is 2.22. The molecule has 1 aliphatic rings. The van der Waals surface area contributed by atoms with Gasteiger partial charge in [0.15, 0.2) is 4.34 Å². The fourth-order valence-electron chi connectivity index (χ4n) is 2.73. The van der Waals surface area contributed by atoms with Gasteiger partial charge in [-0.1, -0.05) is 23.9 Å². The minimum Gasteiger partial charge on any atom is -0.338 e. The number of thiazole rings is 1. The fourth-order valence-corrected chi connectivity index (χ4v) is 4.69. The van der Waals surface area contributed by atoms with E-state index in [4.69, 9.17) is 0 Å². The zero-order valence-corrected chi connectivity index (χ0v) is 13.7. The lowest BCUT2D eigenvalue weighted by atomic mass is 10.2. The normalized spacial score (nSPS) is 18.5. The predicted molar refractivity (Wildman–Crippen MR) is 89.0 cm³/mol. The van der Waals surface area contributed by atoms with Crippen molar-refractivity contribution in [1.82, 2.24) is 15.2 Å². The standard InChI is InChI=1S/C15H19N3OS2/c1-16-9-11-5-4-8-18(11)14(19)10-20-15-17-12-6-2-3-7-13(12)21-15/h2-3,6-7,11,16H,4-5,8-10H2,1H3. The first-order valence-corrected chi connectivity index (χ1v) is 9.00. The van der Waals surface area contributed by atoms with Gasteiger partial charge in [-0.2, -0.15) is 0 Å². The second kappa shape index (κ2) is 6.77. The highest BCUT2D eigenvalue weighted by Crippen LogP contribution is 2.30. The molecule has 4 nitrogen and oxygen atoms in total. The van der Waals surface area contributed by atoms with Gasteiger partial charge in [-0.05, 0) is 32.0 Å². The SMILES string of the molecule is CNCC1CCCN1C(=O)CSc1nc2ccccc2s1. The first-order valence-electron chi connectivity index (χ1n) is 7.20. The van der Waals surface area contributed by atoms with E-state index in [9.17, 15) is 4.79 Å². The van der Waals surface area contributed by atoms with Crippen LogP contribution in [0, 0.1) is 0 Å². The molecule has 6 heteroatoms. The van der Waals surface area contributed by atoms with Gasteiger partial charge in [-0.3, -0.25) is 4.79 Å². The van der Waals surface area contributed by atoms with Gasteiger partial charge in [-0.25, -0.2) is 4.98 Å². The summed E-state index contributed by atoms with van der Waals surface area (Å²) in [5.74, 6) is 0.719. The molecular weight excluding hydrogens is 302 g/mol. The number of nitrogens with one attached hydrogen (secondary N) is 1. The van der Waals surface area contributed by atoms with Crippen LogP contribution < -0.4 is 5.32 Å². The highest BCUT2D eigenvalue weighted by molar-refractivity contribution is 8.01. The van der Waals surface area contributed by atoms with Crippen molar-refractivity contribution in [3.05, 3.63) is 24.3 Å². The molecule has 1 atom stereocenters. The van der Waals surface area contributed by atoms with E-state index in [1.54, 1.807) is 23.1 Å². The molecule has 1 fully saturated rings. The van der Waals surface area contributed by atoms with Crippen molar-refractivity contribution in [3.63, 3.8) is 0 Å². The molecule has 1 N–H and O–H groups in total. The summed E-state index contributed by atoms with van der Waals surface area (Å²) in [6.45, 7) is 1.78. The van der Waals surface area contributed by atoms with Crippen LogP contribution in [0.1, 0.15) is 12.8 Å². The van der Waals surface area contributed by atoms with Crippen molar-refractivity contribution in [2.75, 3.05) is 25.9 Å². The number of thioether (sulfide) groups is 1. The van der Waals surface area contributed by atoms with Crippen LogP contribution in [-0.4, -0.2) is 47.7 Å². The molecule has 1 aromatic heterocycles. The Balaban J connectivity index is 1.60. The lowest BCUT2D eigenvalue weighted by Gasteiger charge is -2.24. The Hall–Kier alpha value is -1.11. The summed E-state index contributed by atoms with van der Waals surface area (Å²) in [7, 11) is 1.94. The Bertz CT molecular complexity index is 595. The number of likely N-dealkylation sites (N-methyl/N-ethyl adjacent to an activating group) is 1. The minimum atomic E-state index is 0.233. The molecule has 3 rings (SSSR count). The number of hydrogen-bond acceptors (Lipinski definition) is 5. The molecule has 1 unspecified atom stereocenters. The molecule has 0 bridgehead atoms. The van der Waals surface area contributed by atoms with Gasteiger partial charge in [0.05, 0.1) is 16.0 Å². The molecule has 112 valence electrons. The molecule has 1 amide bonds. The van der Waals surface area contributed by atoms with Crippen molar-refractivity contribution in [2.24, 2.45) is 0 Å². The summed E-state index contributed by atoms with van der Waals surface area (Å²) in [6, 6.07) is 8.46. The number of amides is 1. The van der Waals surface area contributed by atoms with Gasteiger partial charge in [0.25, 0.3) is 0 Å². The predicted octanol–water partition coefficient (Wildman–Crippen LogP) is 2.60. The van der Waals surface area contributed by atoms with E-state index in [1.165, 1.54) is 4.70 Å². The molecule has 0 saturated carbocycles. The molecule has 1 aliphatic heterocycles. The zero-order chi connectivity index (χ0) is 14.7. The van der Waals surface area contributed by atoms with Crippen molar-refractivity contribution < 1.29 is 4.79 Å². The van der Waals surface area contributed by atoms with Gasteiger partial charge < -0.3 is 10.2 Å². The summed E-state index contributed by atoms with van der Waals surface area (Å²) < 4.78 is 2.16. The lowest BCUT2D eigenvalue weighted by molar-refractivity contribution is -0.129. The van der Waals surface area contributed by atoms with Crippen LogP contribution in [0.4, 0.5) is 0 Å². The van der Waals surface area contributed by atoms with Crippen LogP contribution in [0.3, 0.4) is 0 Å². The van der Waals surface area contributed by atoms with Crippen LogP contribution in [0.25, 0.3) is 10.2 Å². The number of aromatic nitrogens is 1. The molecule has 2 heterocycles. The highest BCUT2D eigenvalue weighted by atomic mass is 32.2. The number of para-hydroxylation sites is 1. The maximum atomic E-state index is 12.4. The topological polar surface area (TPSA) is 45.2 Å². The Kier molecular flexibility index (Phi) is 4.77. The Morgan fingerprint density at radius 3 is 3.19 bits per heavy atom. The lowest BCUT2D eigenvalue weighted by Crippen LogP contribution is -2.41. The number of benzene rings is 1. The molecule has 1 aromatic carbocycles. The smallest absolute Gasteiger partial charge is 0.233 e. The van der Waals surface area contributed by atoms with E-state index in [-0.39, 0.29) is 5.91 Å². The van der Waals surface area contributed by atoms with E-state index >= 15 is 0 Å². The van der Waals surface area contributed by atoms with Crippen LogP contribution >= 0.6 is 23.1 Å². The van der Waals surface area contributed by atoms with Crippen LogP contribution in [0.2, 0.25) is 0 Å². The number of carbonyl (C=O) groups excluding carboxylic acids is 1. The van der Waals surface area contributed by atoms with Crippen molar-refractivity contribution in [2.45, 2.75) is 23.2 Å². The van der Waals surface area contributed by atoms with Gasteiger partial charge in [0, 0.05) is 19.1 Å². The molecule has 21 heavy (non-hydrogen) atoms. The second-order valence-electron chi connectivity index (χ2n) is 5.18. The molecule has 0 spiro atoms. The molecular formula is C15H19N3OS2. The first kappa shape index (κ1) is 14.8. The van der Waals surface area contributed by atoms with Crippen LogP contribution in [-0.2, 0) is 4.79 Å². The third kappa shape index (κ3) is 3.39. The number of carbonyl (C=O) groups is 1. The maximum Gasteiger partial charge on any atom is 0.233 e. The van der Waals surface area contributed by atoms with Gasteiger partial charge in [-0.15, -0.1) is 11.3 Å². The average Bonchev–Trinajstić information content (AvgIpc) is 3.11. The first-order chi connectivity index (χ1) is 10.3. The van der Waals surface area contributed by atoms with E-state index in [1.807, 2.05) is 30.1 Å². The quantitative estimate of drug-likeness (QED) is 0.860. The van der Waals surface area contributed by atoms with E-state index < -0.39 is 0 Å². The second-order valence-corrected chi connectivity index (χ2v) is 7.43. The highest BCUT2D eigenvalue weighted by Gasteiger charge is 2.27.